The highest BCUT2D eigenvalue weighted by molar-refractivity contribution is 7.89. The molecule has 6 heteroatoms. The standard InChI is InChI=1S/C9H17NO4S/c10-15(11,12)7-8-9(3-6-14-8)1-4-13-5-2-9/h8H,1-7H2,(H2,10,11,12). The van der Waals surface area contributed by atoms with Crippen molar-refractivity contribution in [1.82, 2.24) is 0 Å². The third kappa shape index (κ3) is 2.50. The molecular weight excluding hydrogens is 218 g/mol. The maximum atomic E-state index is 11.1. The first-order chi connectivity index (χ1) is 7.02. The minimum Gasteiger partial charge on any atom is -0.381 e. The molecular formula is C9H17NO4S. The van der Waals surface area contributed by atoms with Crippen molar-refractivity contribution in [2.24, 2.45) is 10.6 Å². The molecule has 0 amide bonds. The maximum absolute atomic E-state index is 11.1. The van der Waals surface area contributed by atoms with Crippen molar-refractivity contribution >= 4 is 10.0 Å². The van der Waals surface area contributed by atoms with Crippen LogP contribution in [-0.2, 0) is 19.5 Å². The lowest BCUT2D eigenvalue weighted by molar-refractivity contribution is -0.0237. The summed E-state index contributed by atoms with van der Waals surface area (Å²) in [6.07, 6.45) is 2.45. The van der Waals surface area contributed by atoms with E-state index in [0.29, 0.717) is 19.8 Å². The van der Waals surface area contributed by atoms with Crippen LogP contribution in [0.5, 0.6) is 0 Å². The summed E-state index contributed by atoms with van der Waals surface area (Å²) < 4.78 is 33.0. The summed E-state index contributed by atoms with van der Waals surface area (Å²) in [5.74, 6) is -0.0625. The van der Waals surface area contributed by atoms with Crippen LogP contribution >= 0.6 is 0 Å². The Hall–Kier alpha value is -0.170. The van der Waals surface area contributed by atoms with Gasteiger partial charge in [0.05, 0.1) is 11.9 Å². The fourth-order valence-corrected chi connectivity index (χ4v) is 3.40. The molecule has 2 rings (SSSR count). The largest absolute Gasteiger partial charge is 0.381 e. The fraction of sp³-hybridized carbons (Fsp3) is 1.00. The highest BCUT2D eigenvalue weighted by atomic mass is 32.2. The summed E-state index contributed by atoms with van der Waals surface area (Å²) in [6, 6.07) is 0. The smallest absolute Gasteiger partial charge is 0.211 e. The van der Waals surface area contributed by atoms with E-state index in [2.05, 4.69) is 0 Å². The first kappa shape index (κ1) is 11.3. The van der Waals surface area contributed by atoms with Crippen LogP contribution in [0.25, 0.3) is 0 Å². The van der Waals surface area contributed by atoms with Gasteiger partial charge in [0.25, 0.3) is 0 Å². The number of hydrogen-bond acceptors (Lipinski definition) is 4. The van der Waals surface area contributed by atoms with Gasteiger partial charge in [0, 0.05) is 25.2 Å². The zero-order valence-electron chi connectivity index (χ0n) is 8.65. The Morgan fingerprint density at radius 3 is 2.40 bits per heavy atom. The molecule has 1 atom stereocenters. The first-order valence-electron chi connectivity index (χ1n) is 5.22. The van der Waals surface area contributed by atoms with E-state index in [-0.39, 0.29) is 17.3 Å². The van der Waals surface area contributed by atoms with Crippen LogP contribution in [0.15, 0.2) is 0 Å². The number of rotatable bonds is 2. The molecule has 2 aliphatic rings. The second-order valence-electron chi connectivity index (χ2n) is 4.41. The highest BCUT2D eigenvalue weighted by Crippen LogP contribution is 2.43. The molecule has 0 radical (unpaired) electrons. The Morgan fingerprint density at radius 1 is 1.20 bits per heavy atom. The van der Waals surface area contributed by atoms with Gasteiger partial charge in [-0.15, -0.1) is 0 Å². The van der Waals surface area contributed by atoms with E-state index in [4.69, 9.17) is 14.6 Å². The number of ether oxygens (including phenoxy) is 2. The summed E-state index contributed by atoms with van der Waals surface area (Å²) in [5, 5.41) is 5.07. The third-order valence-electron chi connectivity index (χ3n) is 3.47. The van der Waals surface area contributed by atoms with Crippen LogP contribution in [0.4, 0.5) is 0 Å². The summed E-state index contributed by atoms with van der Waals surface area (Å²) in [5.41, 5.74) is -0.00924. The molecule has 0 aliphatic carbocycles. The molecule has 1 unspecified atom stereocenters. The van der Waals surface area contributed by atoms with Crippen LogP contribution < -0.4 is 5.14 Å². The highest BCUT2D eigenvalue weighted by Gasteiger charge is 2.46. The lowest BCUT2D eigenvalue weighted by Crippen LogP contribution is -2.42. The fourth-order valence-electron chi connectivity index (χ4n) is 2.53. The van der Waals surface area contributed by atoms with Crippen LogP contribution in [-0.4, -0.2) is 40.1 Å². The summed E-state index contributed by atoms with van der Waals surface area (Å²) >= 11 is 0. The van der Waals surface area contributed by atoms with Gasteiger partial charge in [-0.05, 0) is 19.3 Å². The topological polar surface area (TPSA) is 78.6 Å². The van der Waals surface area contributed by atoms with Gasteiger partial charge in [-0.25, -0.2) is 13.6 Å². The van der Waals surface area contributed by atoms with Gasteiger partial charge in [0.2, 0.25) is 10.0 Å². The first-order valence-corrected chi connectivity index (χ1v) is 6.93. The zero-order chi connectivity index (χ0) is 10.9. The van der Waals surface area contributed by atoms with Gasteiger partial charge in [0.1, 0.15) is 0 Å². The molecule has 2 heterocycles. The lowest BCUT2D eigenvalue weighted by atomic mass is 9.75. The summed E-state index contributed by atoms with van der Waals surface area (Å²) in [7, 11) is -3.45. The van der Waals surface area contributed by atoms with Crippen molar-refractivity contribution in [3.8, 4) is 0 Å². The third-order valence-corrected chi connectivity index (χ3v) is 4.24. The van der Waals surface area contributed by atoms with Crippen molar-refractivity contribution in [2.45, 2.75) is 25.4 Å². The van der Waals surface area contributed by atoms with Gasteiger partial charge in [-0.2, -0.15) is 0 Å². The quantitative estimate of drug-likeness (QED) is 0.722. The molecule has 5 nitrogen and oxygen atoms in total. The summed E-state index contributed by atoms with van der Waals surface area (Å²) in [6.45, 7) is 2.04. The number of sulfonamides is 1. The maximum Gasteiger partial charge on any atom is 0.211 e. The molecule has 0 saturated carbocycles. The van der Waals surface area contributed by atoms with E-state index in [1.54, 1.807) is 0 Å². The van der Waals surface area contributed by atoms with E-state index < -0.39 is 10.0 Å². The van der Waals surface area contributed by atoms with E-state index >= 15 is 0 Å². The molecule has 0 aromatic rings. The predicted octanol–water partition coefficient (Wildman–Crippen LogP) is -0.139. The van der Waals surface area contributed by atoms with Gasteiger partial charge < -0.3 is 9.47 Å². The van der Waals surface area contributed by atoms with Gasteiger partial charge in [0.15, 0.2) is 0 Å². The molecule has 2 saturated heterocycles. The van der Waals surface area contributed by atoms with E-state index in [9.17, 15) is 8.42 Å². The van der Waals surface area contributed by atoms with Crippen molar-refractivity contribution in [3.63, 3.8) is 0 Å². The van der Waals surface area contributed by atoms with Crippen LogP contribution in [0, 0.1) is 5.41 Å². The predicted molar refractivity (Wildman–Crippen MR) is 54.8 cm³/mol. The summed E-state index contributed by atoms with van der Waals surface area (Å²) in [4.78, 5) is 0. The average Bonchev–Trinajstić information content (AvgIpc) is 2.48. The molecule has 1 spiro atoms. The molecule has 0 aromatic heterocycles. The molecule has 0 bridgehead atoms. The van der Waals surface area contributed by atoms with Crippen molar-refractivity contribution < 1.29 is 17.9 Å². The number of nitrogens with two attached hydrogens (primary N) is 1. The van der Waals surface area contributed by atoms with Crippen LogP contribution in [0.1, 0.15) is 19.3 Å². The second kappa shape index (κ2) is 4.01. The average molecular weight is 235 g/mol. The zero-order valence-corrected chi connectivity index (χ0v) is 9.46. The SMILES string of the molecule is NS(=O)(=O)CC1OCCC12CCOCC2. The normalized spacial score (nSPS) is 30.9. The second-order valence-corrected chi connectivity index (χ2v) is 6.07. The Morgan fingerprint density at radius 2 is 1.80 bits per heavy atom. The minimum atomic E-state index is -3.45. The molecule has 15 heavy (non-hydrogen) atoms. The molecule has 2 N–H and O–H groups in total. The Labute approximate surface area is 90.0 Å². The monoisotopic (exact) mass is 235 g/mol. The van der Waals surface area contributed by atoms with Gasteiger partial charge in [-0.1, -0.05) is 0 Å². The molecule has 0 aromatic carbocycles. The molecule has 88 valence electrons. The molecule has 2 aliphatic heterocycles. The Kier molecular flexibility index (Phi) is 3.03. The molecule has 2 fully saturated rings. The Bertz CT molecular complexity index is 321. The van der Waals surface area contributed by atoms with Crippen molar-refractivity contribution in [1.29, 1.82) is 0 Å². The van der Waals surface area contributed by atoms with E-state index in [1.165, 1.54) is 0 Å². The number of primary sulfonamides is 1. The minimum absolute atomic E-state index is 0.00924. The van der Waals surface area contributed by atoms with Gasteiger partial charge >= 0.3 is 0 Å². The van der Waals surface area contributed by atoms with Gasteiger partial charge in [-0.3, -0.25) is 0 Å². The Balaban J connectivity index is 2.10. The van der Waals surface area contributed by atoms with Crippen molar-refractivity contribution in [3.05, 3.63) is 0 Å². The number of hydrogen-bond donors (Lipinski definition) is 1. The van der Waals surface area contributed by atoms with E-state index in [0.717, 1.165) is 19.3 Å². The van der Waals surface area contributed by atoms with Crippen LogP contribution in [0.2, 0.25) is 0 Å². The van der Waals surface area contributed by atoms with Crippen molar-refractivity contribution in [2.75, 3.05) is 25.6 Å². The van der Waals surface area contributed by atoms with Crippen LogP contribution in [0.3, 0.4) is 0 Å². The lowest BCUT2D eigenvalue weighted by Gasteiger charge is -2.36. The van der Waals surface area contributed by atoms with E-state index in [1.807, 2.05) is 0 Å².